The van der Waals surface area contributed by atoms with Crippen LogP contribution in [0.2, 0.25) is 0 Å². The monoisotopic (exact) mass is 753 g/mol. The van der Waals surface area contributed by atoms with Crippen molar-refractivity contribution in [1.29, 1.82) is 0 Å². The van der Waals surface area contributed by atoms with E-state index in [2.05, 4.69) is 53.8 Å². The molecule has 1 aromatic carbocycles. The summed E-state index contributed by atoms with van der Waals surface area (Å²) in [5.41, 5.74) is 0.595. The number of ketones is 1. The third kappa shape index (κ3) is 5.98. The Hall–Kier alpha value is -2.23. The number of carboxylic acid groups (broad SMARTS) is 1. The summed E-state index contributed by atoms with van der Waals surface area (Å²) in [5, 5.41) is 25.2. The summed E-state index contributed by atoms with van der Waals surface area (Å²) >= 11 is 5.66. The zero-order valence-electron chi connectivity index (χ0n) is 33.5. The van der Waals surface area contributed by atoms with E-state index >= 15 is 0 Å². The minimum atomic E-state index is -1.20. The highest BCUT2D eigenvalue weighted by Crippen LogP contribution is 2.78. The van der Waals surface area contributed by atoms with Crippen molar-refractivity contribution in [2.45, 2.75) is 150 Å². The van der Waals surface area contributed by atoms with Crippen LogP contribution < -0.4 is 5.32 Å². The Labute approximate surface area is 322 Å². The molecule has 9 heteroatoms. The molecule has 1 aromatic rings. The first-order valence-electron chi connectivity index (χ1n) is 20.1. The molecular weight excluding hydrogens is 690 g/mol. The van der Waals surface area contributed by atoms with Crippen molar-refractivity contribution in [3.63, 3.8) is 0 Å². The normalized spacial score (nSPS) is 38.4. The zero-order valence-corrected chi connectivity index (χ0v) is 34.4. The molecule has 4 saturated carbocycles. The number of ether oxygens (including phenoxy) is 1. The number of aliphatic hydroxyl groups excluding tert-OH is 1. The topological polar surface area (TPSA) is 113 Å². The maximum Gasteiger partial charge on any atom is 0.309 e. The molecule has 9 atom stereocenters. The van der Waals surface area contributed by atoms with Gasteiger partial charge in [-0.1, -0.05) is 66.2 Å². The van der Waals surface area contributed by atoms with E-state index in [0.29, 0.717) is 31.8 Å². The van der Waals surface area contributed by atoms with Crippen LogP contribution >= 0.6 is 12.6 Å². The van der Waals surface area contributed by atoms with E-state index in [0.717, 1.165) is 56.1 Å². The van der Waals surface area contributed by atoms with Crippen LogP contribution in [-0.2, 0) is 25.7 Å². The molecule has 0 aromatic heterocycles. The van der Waals surface area contributed by atoms with Crippen molar-refractivity contribution in [2.75, 3.05) is 6.54 Å². The number of carboxylic acids is 1. The maximum absolute atomic E-state index is 14.0. The largest absolute Gasteiger partial charge is 0.481 e. The number of thiol groups is 1. The molecule has 0 spiro atoms. The third-order valence-corrected chi connectivity index (χ3v) is 17.7. The molecule has 0 heterocycles. The number of rotatable bonds is 10. The Morgan fingerprint density at radius 3 is 2.23 bits per heavy atom. The fourth-order valence-electron chi connectivity index (χ4n) is 12.9. The summed E-state index contributed by atoms with van der Waals surface area (Å²) in [6.07, 6.45) is 6.14. The number of aliphatic hydroxyl groups is 1. The van der Waals surface area contributed by atoms with Crippen molar-refractivity contribution in [3.8, 4) is 0 Å². The number of nitrogens with one attached hydrogen (secondary N) is 1. The van der Waals surface area contributed by atoms with Crippen LogP contribution in [0.3, 0.4) is 0 Å². The highest BCUT2D eigenvalue weighted by molar-refractivity contribution is 7.82. The molecule has 3 N–H and O–H groups in total. The van der Waals surface area contributed by atoms with Crippen LogP contribution in [0.5, 0.6) is 0 Å². The molecule has 0 bridgehead atoms. The summed E-state index contributed by atoms with van der Waals surface area (Å²) in [6.45, 7) is 20.1. The Morgan fingerprint density at radius 2 is 1.60 bits per heavy atom. The fraction of sp³-hybridized carbons (Fsp3) is 0.750. The van der Waals surface area contributed by atoms with Crippen LogP contribution in [0.25, 0.3) is 0 Å². The average Bonchev–Trinajstić information content (AvgIpc) is 3.38. The quantitative estimate of drug-likeness (QED) is 0.140. The van der Waals surface area contributed by atoms with Gasteiger partial charge in [-0.15, -0.1) is 0 Å². The number of carbonyl (C=O) groups excluding carboxylic acids is 2. The van der Waals surface area contributed by atoms with Crippen molar-refractivity contribution in [3.05, 3.63) is 46.8 Å². The summed E-state index contributed by atoms with van der Waals surface area (Å²) in [5.74, 6) is -0.951. The maximum atomic E-state index is 14.0. The van der Waals surface area contributed by atoms with E-state index in [1.165, 1.54) is 17.7 Å². The van der Waals surface area contributed by atoms with Gasteiger partial charge in [-0.05, 0) is 122 Å². The van der Waals surface area contributed by atoms with Gasteiger partial charge < -0.3 is 20.3 Å². The van der Waals surface area contributed by atoms with Gasteiger partial charge in [0.2, 0.25) is 0 Å². The third-order valence-electron chi connectivity index (χ3n) is 16.4. The van der Waals surface area contributed by atoms with Gasteiger partial charge in [-0.3, -0.25) is 14.4 Å². The van der Waals surface area contributed by atoms with Gasteiger partial charge in [0, 0.05) is 35.1 Å². The molecule has 4 fully saturated rings. The van der Waals surface area contributed by atoms with E-state index in [-0.39, 0.29) is 52.2 Å². The Balaban J connectivity index is 1.28. The first-order chi connectivity index (χ1) is 24.5. The number of hydrogen-bond acceptors (Lipinski definition) is 7. The molecule has 1 unspecified atom stereocenters. The second kappa shape index (κ2) is 13.5. The van der Waals surface area contributed by atoms with Gasteiger partial charge in [0.05, 0.1) is 17.9 Å². The summed E-state index contributed by atoms with van der Waals surface area (Å²) in [7, 11) is 0. The second-order valence-electron chi connectivity index (χ2n) is 19.9. The predicted molar refractivity (Wildman–Crippen MR) is 208 cm³/mol. The number of hydrogen-bond donors (Lipinski definition) is 4. The number of Topliss-reactive ketones (excluding diaryl/α,β-unsaturated/α-hetero) is 1. The van der Waals surface area contributed by atoms with E-state index in [9.17, 15) is 29.0 Å². The highest BCUT2D eigenvalue weighted by Gasteiger charge is 2.74. The van der Waals surface area contributed by atoms with Gasteiger partial charge in [0.25, 0.3) is 0 Å². The average molecular weight is 754 g/mol. The minimum Gasteiger partial charge on any atom is -0.481 e. The number of benzene rings is 1. The lowest BCUT2D eigenvalue weighted by molar-refractivity contribution is -0.223. The van der Waals surface area contributed by atoms with Crippen molar-refractivity contribution in [1.82, 2.24) is 5.32 Å². The van der Waals surface area contributed by atoms with E-state index < -0.39 is 39.0 Å². The number of halogens is 1. The first kappa shape index (κ1) is 40.4. The molecule has 5 aliphatic rings. The lowest BCUT2D eigenvalue weighted by Crippen LogP contribution is -2.71. The molecular formula is C44H64FNO6S. The van der Waals surface area contributed by atoms with Crippen molar-refractivity contribution < 1.29 is 33.7 Å². The van der Waals surface area contributed by atoms with Gasteiger partial charge >= 0.3 is 11.9 Å². The molecule has 5 aliphatic carbocycles. The molecule has 0 radical (unpaired) electrons. The van der Waals surface area contributed by atoms with Crippen LogP contribution in [0.4, 0.5) is 4.39 Å². The van der Waals surface area contributed by atoms with Crippen LogP contribution in [-0.4, -0.2) is 51.4 Å². The second-order valence-corrected chi connectivity index (χ2v) is 20.7. The highest BCUT2D eigenvalue weighted by atomic mass is 32.1. The summed E-state index contributed by atoms with van der Waals surface area (Å²) < 4.78 is 19.3. The van der Waals surface area contributed by atoms with Crippen LogP contribution in [0, 0.1) is 56.1 Å². The molecule has 53 heavy (non-hydrogen) atoms. The van der Waals surface area contributed by atoms with E-state index in [4.69, 9.17) is 17.4 Å². The van der Waals surface area contributed by atoms with Crippen molar-refractivity contribution in [2.24, 2.45) is 50.2 Å². The van der Waals surface area contributed by atoms with E-state index in [1.807, 2.05) is 0 Å². The molecule has 0 amide bonds. The Kier molecular flexibility index (Phi) is 10.3. The van der Waals surface area contributed by atoms with Gasteiger partial charge in [-0.25, -0.2) is 4.39 Å². The summed E-state index contributed by atoms with van der Waals surface area (Å²) in [4.78, 5) is 39.0. The first-order valence-corrected chi connectivity index (χ1v) is 20.5. The van der Waals surface area contributed by atoms with Gasteiger partial charge in [-0.2, -0.15) is 12.6 Å². The number of aliphatic carboxylic acids is 1. The van der Waals surface area contributed by atoms with Crippen LogP contribution in [0.15, 0.2) is 35.4 Å². The number of carbonyl (C=O) groups is 3. The standard InChI is InChI=1S/C44H64FNO6S/c1-26(2)35-30(47)22-43(32(48)25-46-24-27-10-12-28(45)13-11-27)20-18-40(7)29(36(35)43)14-15-31-41(40,8)19-21-44(53)39(5,6)33(16-17-42(31,44)9)52-34(49)23-38(3,4)37(50)51/h10-13,26,29,31-33,46,48,53H,14-25H2,1-9H3,(H,50,51)/t29-,31+,32-,33+,40-,41-,42-,43+,44?/m1/s1. The number of allylic oxidation sites excluding steroid dienone is 1. The van der Waals surface area contributed by atoms with E-state index in [1.54, 1.807) is 26.0 Å². The van der Waals surface area contributed by atoms with Gasteiger partial charge in [0.15, 0.2) is 5.78 Å². The lowest BCUT2D eigenvalue weighted by atomic mass is 9.32. The van der Waals surface area contributed by atoms with Crippen molar-refractivity contribution >= 4 is 30.4 Å². The van der Waals surface area contributed by atoms with Gasteiger partial charge in [0.1, 0.15) is 11.9 Å². The lowest BCUT2D eigenvalue weighted by Gasteiger charge is -2.75. The Bertz CT molecular complexity index is 1670. The molecule has 294 valence electrons. The molecule has 0 aliphatic heterocycles. The fourth-order valence-corrected chi connectivity index (χ4v) is 13.4. The number of fused-ring (bicyclic) bond motifs is 7. The van der Waals surface area contributed by atoms with Crippen LogP contribution in [0.1, 0.15) is 132 Å². The molecule has 0 saturated heterocycles. The number of esters is 1. The zero-order chi connectivity index (χ0) is 39.2. The SMILES string of the molecule is CC(C)C1=C2[C@H]3CC[C@@H]4[C@@]5(C)CC[C@H](OC(=O)CC(C)(C)C(=O)O)C(C)(C)C5(S)CC[C@@]4(C)[C@]3(C)CC[C@@]2([C@H](O)CNCc2ccc(F)cc2)CC1=O. The minimum absolute atomic E-state index is 0.0410. The molecule has 6 rings (SSSR count). The summed E-state index contributed by atoms with van der Waals surface area (Å²) in [6, 6.07) is 6.42. The smallest absolute Gasteiger partial charge is 0.309 e. The molecule has 7 nitrogen and oxygen atoms in total. The predicted octanol–water partition coefficient (Wildman–Crippen LogP) is 8.72. The Morgan fingerprint density at radius 1 is 0.962 bits per heavy atom.